The third kappa shape index (κ3) is 3.27. The Bertz CT molecular complexity index is 1360. The van der Waals surface area contributed by atoms with Gasteiger partial charge in [-0.25, -0.2) is 0 Å². The van der Waals surface area contributed by atoms with E-state index >= 15 is 0 Å². The van der Waals surface area contributed by atoms with Gasteiger partial charge >= 0.3 is 0 Å². The van der Waals surface area contributed by atoms with Crippen molar-refractivity contribution in [2.45, 2.75) is 52.6 Å². The molecule has 0 saturated carbocycles. The third-order valence-electron chi connectivity index (χ3n) is 7.84. The van der Waals surface area contributed by atoms with E-state index < -0.39 is 0 Å². The van der Waals surface area contributed by atoms with Gasteiger partial charge < -0.3 is 4.81 Å². The number of rotatable bonds is 5. The molecule has 0 bridgehead atoms. The maximum atomic E-state index is 2.71. The van der Waals surface area contributed by atoms with E-state index in [-0.39, 0.29) is 6.85 Å². The fourth-order valence-corrected chi connectivity index (χ4v) is 6.50. The molecule has 0 saturated heterocycles. The van der Waals surface area contributed by atoms with Crippen molar-refractivity contribution in [3.05, 3.63) is 107 Å². The first-order chi connectivity index (χ1) is 16.5. The van der Waals surface area contributed by atoms with E-state index in [9.17, 15) is 0 Å². The van der Waals surface area contributed by atoms with Crippen molar-refractivity contribution in [3.63, 3.8) is 0 Å². The van der Waals surface area contributed by atoms with Crippen molar-refractivity contribution < 1.29 is 0 Å². The molecule has 0 unspecified atom stereocenters. The average Bonchev–Trinajstić information content (AvgIpc) is 3.47. The Labute approximate surface area is 203 Å². The molecule has 0 amide bonds. The maximum absolute atomic E-state index is 2.71. The van der Waals surface area contributed by atoms with Crippen LogP contribution < -0.4 is 0 Å². The fourth-order valence-electron chi connectivity index (χ4n) is 6.50. The summed E-state index contributed by atoms with van der Waals surface area (Å²) >= 11 is 0. The number of allylic oxidation sites excluding steroid dienone is 2. The van der Waals surface area contributed by atoms with Crippen LogP contribution in [0.5, 0.6) is 0 Å². The van der Waals surface area contributed by atoms with E-state index in [1.807, 2.05) is 0 Å². The van der Waals surface area contributed by atoms with Gasteiger partial charge in [0.1, 0.15) is 0 Å². The Hall–Kier alpha value is -3.10. The smallest absolute Gasteiger partial charge is 0.293 e. The van der Waals surface area contributed by atoms with E-state index in [1.165, 1.54) is 54.7 Å². The van der Waals surface area contributed by atoms with Crippen LogP contribution in [0.15, 0.2) is 84.9 Å². The first-order valence-corrected chi connectivity index (χ1v) is 12.7. The molecule has 0 heterocycles. The van der Waals surface area contributed by atoms with Crippen LogP contribution in [0.4, 0.5) is 0 Å². The summed E-state index contributed by atoms with van der Waals surface area (Å²) in [6, 6.07) is 27.9. The summed E-state index contributed by atoms with van der Waals surface area (Å²) in [7, 11) is 0. The lowest BCUT2D eigenvalue weighted by Crippen LogP contribution is -2.49. The number of nitrogens with zero attached hydrogens (tertiary/aromatic N) is 1. The molecule has 6 rings (SSSR count). The molecule has 0 aromatic heterocycles. The highest BCUT2D eigenvalue weighted by Crippen LogP contribution is 2.43. The molecule has 0 atom stereocenters. The van der Waals surface area contributed by atoms with Crippen LogP contribution >= 0.6 is 0 Å². The molecule has 2 heteroatoms. The second-order valence-electron chi connectivity index (χ2n) is 10.4. The minimum Gasteiger partial charge on any atom is -0.330 e. The molecule has 0 aliphatic heterocycles. The summed E-state index contributed by atoms with van der Waals surface area (Å²) in [4.78, 5) is 2.71. The largest absolute Gasteiger partial charge is 0.330 e. The van der Waals surface area contributed by atoms with Crippen molar-refractivity contribution in [1.82, 2.24) is 4.81 Å². The molecule has 4 aromatic carbocycles. The Balaban J connectivity index is 1.53. The molecule has 4 aromatic rings. The number of benzene rings is 4. The summed E-state index contributed by atoms with van der Waals surface area (Å²) in [5, 5.41) is 5.48. The normalized spacial score (nSPS) is 14.8. The zero-order valence-corrected chi connectivity index (χ0v) is 20.7. The fraction of sp³-hybridized carbons (Fsp3) is 0.250. The van der Waals surface area contributed by atoms with Crippen LogP contribution in [0.25, 0.3) is 32.5 Å². The molecule has 2 aliphatic carbocycles. The molecule has 0 fully saturated rings. The molecular weight excluding hydrogens is 409 g/mol. The van der Waals surface area contributed by atoms with Gasteiger partial charge in [0, 0.05) is 0 Å². The predicted octanol–water partition coefficient (Wildman–Crippen LogP) is 7.76. The number of hydrogen-bond donors (Lipinski definition) is 0. The second kappa shape index (κ2) is 8.29. The van der Waals surface area contributed by atoms with Crippen molar-refractivity contribution >= 4 is 39.3 Å². The number of hydrogen-bond acceptors (Lipinski definition) is 1. The molecule has 168 valence electrons. The van der Waals surface area contributed by atoms with Crippen LogP contribution in [0.1, 0.15) is 49.9 Å². The highest BCUT2D eigenvalue weighted by atomic mass is 15.1. The van der Waals surface area contributed by atoms with E-state index in [0.29, 0.717) is 12.1 Å². The van der Waals surface area contributed by atoms with E-state index in [4.69, 9.17) is 0 Å². The Morgan fingerprint density at radius 1 is 0.588 bits per heavy atom. The van der Waals surface area contributed by atoms with Gasteiger partial charge in [0.05, 0.1) is 0 Å². The van der Waals surface area contributed by atoms with Crippen LogP contribution in [0.3, 0.4) is 0 Å². The predicted molar refractivity (Wildman–Crippen MR) is 149 cm³/mol. The molecule has 0 N–H and O–H groups in total. The zero-order valence-electron chi connectivity index (χ0n) is 20.7. The summed E-state index contributed by atoms with van der Waals surface area (Å²) in [5.41, 5.74) is 8.81. The highest BCUT2D eigenvalue weighted by molar-refractivity contribution is 6.92. The first kappa shape index (κ1) is 21.4. The van der Waals surface area contributed by atoms with Crippen LogP contribution in [0, 0.1) is 0 Å². The molecular formula is C32H32BN. The maximum Gasteiger partial charge on any atom is 0.293 e. The SMILES string of the molecule is CC(C)N(B(C1=CCc2c1ccc1ccccc21)C1=CCc2c1ccc1ccccc21)C(C)C. The molecule has 0 radical (unpaired) electrons. The van der Waals surface area contributed by atoms with Gasteiger partial charge in [-0.3, -0.25) is 0 Å². The Morgan fingerprint density at radius 3 is 1.47 bits per heavy atom. The molecule has 34 heavy (non-hydrogen) atoms. The van der Waals surface area contributed by atoms with Gasteiger partial charge in [0.15, 0.2) is 0 Å². The minimum atomic E-state index is 0.254. The Kier molecular flexibility index (Phi) is 5.23. The summed E-state index contributed by atoms with van der Waals surface area (Å²) in [6.45, 7) is 9.65. The quantitative estimate of drug-likeness (QED) is 0.286. The monoisotopic (exact) mass is 441 g/mol. The Morgan fingerprint density at radius 2 is 1.03 bits per heavy atom. The van der Waals surface area contributed by atoms with Crippen molar-refractivity contribution in [2.24, 2.45) is 0 Å². The minimum absolute atomic E-state index is 0.254. The van der Waals surface area contributed by atoms with Crippen LogP contribution in [-0.2, 0) is 12.8 Å². The summed E-state index contributed by atoms with van der Waals surface area (Å²) in [6.07, 6.45) is 7.06. The molecule has 2 aliphatic rings. The van der Waals surface area contributed by atoms with Crippen LogP contribution in [0.2, 0.25) is 0 Å². The third-order valence-corrected chi connectivity index (χ3v) is 7.84. The lowest BCUT2D eigenvalue weighted by molar-refractivity contribution is 0.310. The topological polar surface area (TPSA) is 3.24 Å². The summed E-state index contributed by atoms with van der Waals surface area (Å²) < 4.78 is 0. The van der Waals surface area contributed by atoms with Crippen molar-refractivity contribution in [2.75, 3.05) is 0 Å². The van der Waals surface area contributed by atoms with Crippen molar-refractivity contribution in [3.8, 4) is 0 Å². The van der Waals surface area contributed by atoms with E-state index in [1.54, 1.807) is 0 Å². The average molecular weight is 441 g/mol. The van der Waals surface area contributed by atoms with E-state index in [2.05, 4.69) is 117 Å². The standard InChI is InChI=1S/C32H32BN/c1-21(2)34(22(3)4)33(31-19-17-27-25-11-7-5-9-23(25)13-15-29(27)31)32-20-18-28-26-12-8-6-10-24(26)14-16-30(28)32/h5-16,19-22H,17-18H2,1-4H3. The van der Waals surface area contributed by atoms with Crippen LogP contribution in [-0.4, -0.2) is 23.7 Å². The van der Waals surface area contributed by atoms with Gasteiger partial charge in [-0.1, -0.05) is 124 Å². The first-order valence-electron chi connectivity index (χ1n) is 12.7. The van der Waals surface area contributed by atoms with Gasteiger partial charge in [-0.05, 0) is 68.7 Å². The van der Waals surface area contributed by atoms with Gasteiger partial charge in [-0.2, -0.15) is 0 Å². The number of fused-ring (bicyclic) bond motifs is 6. The summed E-state index contributed by atoms with van der Waals surface area (Å²) in [5.74, 6) is 0. The second-order valence-corrected chi connectivity index (χ2v) is 10.4. The lowest BCUT2D eigenvalue weighted by Gasteiger charge is -2.38. The van der Waals surface area contributed by atoms with Crippen molar-refractivity contribution in [1.29, 1.82) is 0 Å². The molecule has 0 spiro atoms. The van der Waals surface area contributed by atoms with E-state index in [0.717, 1.165) is 12.8 Å². The zero-order chi connectivity index (χ0) is 23.4. The van der Waals surface area contributed by atoms with Gasteiger partial charge in [0.25, 0.3) is 6.85 Å². The van der Waals surface area contributed by atoms with Gasteiger partial charge in [0.2, 0.25) is 0 Å². The lowest BCUT2D eigenvalue weighted by atomic mass is 9.45. The molecule has 1 nitrogen and oxygen atoms in total. The highest BCUT2D eigenvalue weighted by Gasteiger charge is 2.39. The van der Waals surface area contributed by atoms with Gasteiger partial charge in [-0.15, -0.1) is 0 Å².